The number of carbonyl (C=O) groups excluding carboxylic acids is 1. The molecule has 108 valence electrons. The van der Waals surface area contributed by atoms with Crippen LogP contribution in [0.15, 0.2) is 24.3 Å². The summed E-state index contributed by atoms with van der Waals surface area (Å²) in [7, 11) is 0. The summed E-state index contributed by atoms with van der Waals surface area (Å²) in [6, 6.07) is 10.0. The molecule has 0 spiro atoms. The van der Waals surface area contributed by atoms with E-state index in [1.54, 1.807) is 0 Å². The third kappa shape index (κ3) is 6.76. The number of hydrogen-bond acceptors (Lipinski definition) is 4. The van der Waals surface area contributed by atoms with Gasteiger partial charge in [0.2, 0.25) is 0 Å². The van der Waals surface area contributed by atoms with Crippen molar-refractivity contribution in [2.45, 2.75) is 32.9 Å². The van der Waals surface area contributed by atoms with Crippen molar-refractivity contribution < 1.29 is 9.53 Å². The van der Waals surface area contributed by atoms with Crippen molar-refractivity contribution in [3.05, 3.63) is 29.8 Å². The van der Waals surface area contributed by atoms with Crippen LogP contribution in [0.5, 0.6) is 5.75 Å². The molecule has 1 aromatic rings. The van der Waals surface area contributed by atoms with Gasteiger partial charge in [0.05, 0.1) is 12.5 Å². The summed E-state index contributed by atoms with van der Waals surface area (Å²) in [5.41, 5.74) is 1.11. The second kappa shape index (κ2) is 8.94. The van der Waals surface area contributed by atoms with Crippen LogP contribution >= 0.6 is 0 Å². The summed E-state index contributed by atoms with van der Waals surface area (Å²) in [4.78, 5) is 11.4. The van der Waals surface area contributed by atoms with Crippen molar-refractivity contribution in [1.82, 2.24) is 10.6 Å². The van der Waals surface area contributed by atoms with Crippen LogP contribution < -0.4 is 15.4 Å². The number of nitriles is 1. The van der Waals surface area contributed by atoms with E-state index in [0.717, 1.165) is 12.1 Å². The van der Waals surface area contributed by atoms with E-state index in [0.29, 0.717) is 24.8 Å². The maximum atomic E-state index is 11.4. The number of nitrogens with one attached hydrogen (secondary N) is 2. The standard InChI is InChI=1S/C15H21N3O2/c1-12(2)18-10-13-5-3-6-14(9-13)20-11-15(19)17-8-4-7-16/h3,5-6,9,12,18H,4,8,10-11H2,1-2H3,(H,17,19). The second-order valence-electron chi connectivity index (χ2n) is 4.73. The maximum Gasteiger partial charge on any atom is 0.257 e. The van der Waals surface area contributed by atoms with Gasteiger partial charge in [-0.1, -0.05) is 26.0 Å². The Morgan fingerprint density at radius 2 is 2.25 bits per heavy atom. The molecule has 0 heterocycles. The summed E-state index contributed by atoms with van der Waals surface area (Å²) in [6.07, 6.45) is 0.308. The fourth-order valence-electron chi connectivity index (χ4n) is 1.52. The highest BCUT2D eigenvalue weighted by Crippen LogP contribution is 2.13. The van der Waals surface area contributed by atoms with Crippen molar-refractivity contribution in [3.8, 4) is 11.8 Å². The number of benzene rings is 1. The monoisotopic (exact) mass is 275 g/mol. The van der Waals surface area contributed by atoms with Crippen LogP contribution in [0.2, 0.25) is 0 Å². The highest BCUT2D eigenvalue weighted by molar-refractivity contribution is 5.77. The van der Waals surface area contributed by atoms with Gasteiger partial charge in [-0.2, -0.15) is 5.26 Å². The van der Waals surface area contributed by atoms with Crippen molar-refractivity contribution in [3.63, 3.8) is 0 Å². The summed E-state index contributed by atoms with van der Waals surface area (Å²) in [6.45, 7) is 5.27. The van der Waals surface area contributed by atoms with E-state index >= 15 is 0 Å². The van der Waals surface area contributed by atoms with Crippen LogP contribution in [0.25, 0.3) is 0 Å². The molecule has 2 N–H and O–H groups in total. The molecule has 0 aromatic heterocycles. The van der Waals surface area contributed by atoms with Crippen LogP contribution in [-0.4, -0.2) is 25.1 Å². The largest absolute Gasteiger partial charge is 0.484 e. The van der Waals surface area contributed by atoms with Crippen LogP contribution in [-0.2, 0) is 11.3 Å². The van der Waals surface area contributed by atoms with Gasteiger partial charge >= 0.3 is 0 Å². The minimum Gasteiger partial charge on any atom is -0.484 e. The molecule has 0 unspecified atom stereocenters. The average molecular weight is 275 g/mol. The number of carbonyl (C=O) groups is 1. The molecule has 0 aliphatic rings. The molecular weight excluding hydrogens is 254 g/mol. The van der Waals surface area contributed by atoms with Gasteiger partial charge in [0.15, 0.2) is 6.61 Å². The van der Waals surface area contributed by atoms with E-state index in [2.05, 4.69) is 24.5 Å². The van der Waals surface area contributed by atoms with Gasteiger partial charge in [-0.05, 0) is 17.7 Å². The van der Waals surface area contributed by atoms with Gasteiger partial charge in [-0.15, -0.1) is 0 Å². The summed E-state index contributed by atoms with van der Waals surface area (Å²) >= 11 is 0. The Balaban J connectivity index is 2.38. The van der Waals surface area contributed by atoms with Crippen molar-refractivity contribution >= 4 is 5.91 Å². The smallest absolute Gasteiger partial charge is 0.257 e. The quantitative estimate of drug-likeness (QED) is 0.707. The van der Waals surface area contributed by atoms with Crippen LogP contribution in [0.3, 0.4) is 0 Å². The summed E-state index contributed by atoms with van der Waals surface area (Å²) in [5.74, 6) is 0.453. The first kappa shape index (κ1) is 16.0. The van der Waals surface area contributed by atoms with Gasteiger partial charge in [-0.3, -0.25) is 4.79 Å². The molecule has 5 nitrogen and oxygen atoms in total. The van der Waals surface area contributed by atoms with Crippen LogP contribution in [0.1, 0.15) is 25.8 Å². The third-order valence-corrected chi connectivity index (χ3v) is 2.54. The van der Waals surface area contributed by atoms with E-state index in [-0.39, 0.29) is 12.5 Å². The zero-order valence-corrected chi connectivity index (χ0v) is 12.0. The molecule has 0 saturated heterocycles. The Bertz CT molecular complexity index is 466. The molecule has 1 amide bonds. The molecule has 0 bridgehead atoms. The number of nitrogens with zero attached hydrogens (tertiary/aromatic N) is 1. The molecule has 1 aromatic carbocycles. The maximum absolute atomic E-state index is 11.4. The fraction of sp³-hybridized carbons (Fsp3) is 0.467. The first-order chi connectivity index (χ1) is 9.61. The highest BCUT2D eigenvalue weighted by atomic mass is 16.5. The molecule has 1 rings (SSSR count). The first-order valence-corrected chi connectivity index (χ1v) is 6.70. The van der Waals surface area contributed by atoms with Gasteiger partial charge in [0.1, 0.15) is 5.75 Å². The lowest BCUT2D eigenvalue weighted by Crippen LogP contribution is -2.29. The van der Waals surface area contributed by atoms with Gasteiger partial charge in [-0.25, -0.2) is 0 Å². The SMILES string of the molecule is CC(C)NCc1cccc(OCC(=O)NCCC#N)c1. The molecule has 5 heteroatoms. The Morgan fingerprint density at radius 1 is 1.45 bits per heavy atom. The van der Waals surface area contributed by atoms with E-state index in [1.165, 1.54) is 0 Å². The summed E-state index contributed by atoms with van der Waals surface area (Å²) < 4.78 is 5.42. The highest BCUT2D eigenvalue weighted by Gasteiger charge is 2.03. The molecule has 0 radical (unpaired) electrons. The first-order valence-electron chi connectivity index (χ1n) is 6.70. The molecule has 0 aliphatic carbocycles. The molecule has 0 fully saturated rings. The predicted molar refractivity (Wildman–Crippen MR) is 77.2 cm³/mol. The number of amides is 1. The van der Waals surface area contributed by atoms with E-state index in [4.69, 9.17) is 10.00 Å². The Kier molecular flexibility index (Phi) is 7.15. The van der Waals surface area contributed by atoms with Crippen LogP contribution in [0, 0.1) is 11.3 Å². The zero-order chi connectivity index (χ0) is 14.8. The van der Waals surface area contributed by atoms with Gasteiger partial charge < -0.3 is 15.4 Å². The Hall–Kier alpha value is -2.06. The fourth-order valence-corrected chi connectivity index (χ4v) is 1.52. The van der Waals surface area contributed by atoms with Gasteiger partial charge in [0.25, 0.3) is 5.91 Å². The molecule has 0 saturated carbocycles. The lowest BCUT2D eigenvalue weighted by atomic mass is 10.2. The van der Waals surface area contributed by atoms with E-state index < -0.39 is 0 Å². The van der Waals surface area contributed by atoms with Crippen LogP contribution in [0.4, 0.5) is 0 Å². The number of rotatable bonds is 8. The van der Waals surface area contributed by atoms with Crippen molar-refractivity contribution in [2.75, 3.05) is 13.2 Å². The molecule has 0 aliphatic heterocycles. The lowest BCUT2D eigenvalue weighted by Gasteiger charge is -2.10. The Morgan fingerprint density at radius 3 is 2.95 bits per heavy atom. The van der Waals surface area contributed by atoms with Gasteiger partial charge in [0, 0.05) is 19.1 Å². The van der Waals surface area contributed by atoms with Crippen molar-refractivity contribution in [2.24, 2.45) is 0 Å². The Labute approximate surface area is 119 Å². The topological polar surface area (TPSA) is 74.2 Å². The molecule has 20 heavy (non-hydrogen) atoms. The minimum absolute atomic E-state index is 0.0352. The summed E-state index contributed by atoms with van der Waals surface area (Å²) in [5, 5.41) is 14.3. The lowest BCUT2D eigenvalue weighted by molar-refractivity contribution is -0.123. The minimum atomic E-state index is -0.217. The molecule has 0 atom stereocenters. The zero-order valence-electron chi connectivity index (χ0n) is 12.0. The number of hydrogen-bond donors (Lipinski definition) is 2. The predicted octanol–water partition coefficient (Wildman–Crippen LogP) is 1.59. The van der Waals surface area contributed by atoms with E-state index in [1.807, 2.05) is 30.3 Å². The third-order valence-electron chi connectivity index (χ3n) is 2.54. The average Bonchev–Trinajstić information content (AvgIpc) is 2.44. The molecular formula is C15H21N3O2. The normalized spacial score (nSPS) is 10.1. The van der Waals surface area contributed by atoms with E-state index in [9.17, 15) is 4.79 Å². The van der Waals surface area contributed by atoms with Crippen molar-refractivity contribution in [1.29, 1.82) is 5.26 Å². The number of ether oxygens (including phenoxy) is 1. The second-order valence-corrected chi connectivity index (χ2v) is 4.73.